The number of hydrogen-bond donors (Lipinski definition) is 1. The summed E-state index contributed by atoms with van der Waals surface area (Å²) in [5.74, 6) is -0.147. The number of carbonyl (C=O) groups excluding carboxylic acids is 3. The van der Waals surface area contributed by atoms with E-state index >= 15 is 0 Å². The summed E-state index contributed by atoms with van der Waals surface area (Å²) in [6.45, 7) is 0.339. The standard InChI is InChI=1S/C22H18N2O5/c1-28-18-6-4-14(20-16(18)8-9-29-20)12-2-3-15-13(10-12)11-24(22(15)27)17-5-7-19(25)23-21(17)26/h2-4,6,8-10,17H,5,7,11H2,1H3,(H,23,25,26). The lowest BCUT2D eigenvalue weighted by molar-refractivity contribution is -0.136. The highest BCUT2D eigenvalue weighted by molar-refractivity contribution is 6.06. The van der Waals surface area contributed by atoms with Crippen molar-refractivity contribution in [1.29, 1.82) is 0 Å². The maximum absolute atomic E-state index is 12.9. The summed E-state index contributed by atoms with van der Waals surface area (Å²) in [6.07, 6.45) is 2.21. The average Bonchev–Trinajstić information content (AvgIpc) is 3.32. The Balaban J connectivity index is 1.50. The first-order valence-electron chi connectivity index (χ1n) is 9.39. The predicted molar refractivity (Wildman–Crippen MR) is 104 cm³/mol. The van der Waals surface area contributed by atoms with E-state index in [-0.39, 0.29) is 18.2 Å². The second kappa shape index (κ2) is 6.48. The van der Waals surface area contributed by atoms with Crippen LogP contribution in [0.5, 0.6) is 5.75 Å². The smallest absolute Gasteiger partial charge is 0.255 e. The van der Waals surface area contributed by atoms with Gasteiger partial charge in [0.15, 0.2) is 0 Å². The van der Waals surface area contributed by atoms with Gasteiger partial charge in [-0.05, 0) is 47.9 Å². The third-order valence-electron chi connectivity index (χ3n) is 5.63. The first kappa shape index (κ1) is 17.5. The number of carbonyl (C=O) groups is 3. The molecule has 0 bridgehead atoms. The van der Waals surface area contributed by atoms with Crippen LogP contribution in [0, 0.1) is 0 Å². The molecule has 5 rings (SSSR count). The van der Waals surface area contributed by atoms with Crippen molar-refractivity contribution in [2.45, 2.75) is 25.4 Å². The third kappa shape index (κ3) is 2.69. The van der Waals surface area contributed by atoms with Gasteiger partial charge in [0.2, 0.25) is 11.8 Å². The number of imide groups is 1. The van der Waals surface area contributed by atoms with Gasteiger partial charge in [0, 0.05) is 24.1 Å². The molecule has 0 aliphatic carbocycles. The maximum Gasteiger partial charge on any atom is 0.255 e. The van der Waals surface area contributed by atoms with Crippen LogP contribution in [-0.4, -0.2) is 35.8 Å². The van der Waals surface area contributed by atoms with Crippen LogP contribution in [0.4, 0.5) is 0 Å². The zero-order valence-corrected chi connectivity index (χ0v) is 15.7. The number of nitrogens with one attached hydrogen (secondary N) is 1. The fraction of sp³-hybridized carbons (Fsp3) is 0.227. The molecule has 0 spiro atoms. The van der Waals surface area contributed by atoms with Crippen LogP contribution in [0.25, 0.3) is 22.1 Å². The van der Waals surface area contributed by atoms with Gasteiger partial charge < -0.3 is 14.1 Å². The SMILES string of the molecule is COc1ccc(-c2ccc3c(c2)CN(C2CCC(=O)NC2=O)C3=O)c2occc12. The van der Waals surface area contributed by atoms with Gasteiger partial charge in [0.1, 0.15) is 17.4 Å². The second-order valence-electron chi connectivity index (χ2n) is 7.25. The average molecular weight is 390 g/mol. The van der Waals surface area contributed by atoms with Crippen molar-refractivity contribution < 1.29 is 23.5 Å². The molecule has 2 aliphatic heterocycles. The number of methoxy groups -OCH3 is 1. The number of nitrogens with zero attached hydrogens (tertiary/aromatic N) is 1. The fourth-order valence-corrected chi connectivity index (χ4v) is 4.18. The van der Waals surface area contributed by atoms with Crippen LogP contribution < -0.4 is 10.1 Å². The molecule has 3 aromatic rings. The molecule has 2 aromatic carbocycles. The first-order valence-corrected chi connectivity index (χ1v) is 9.39. The van der Waals surface area contributed by atoms with Crippen molar-refractivity contribution in [1.82, 2.24) is 10.2 Å². The summed E-state index contributed by atoms with van der Waals surface area (Å²) in [5, 5.41) is 3.20. The van der Waals surface area contributed by atoms with E-state index in [1.807, 2.05) is 30.3 Å². The van der Waals surface area contributed by atoms with Crippen molar-refractivity contribution in [3.8, 4) is 16.9 Å². The van der Waals surface area contributed by atoms with Gasteiger partial charge in [-0.25, -0.2) is 0 Å². The lowest BCUT2D eigenvalue weighted by Crippen LogP contribution is -2.52. The van der Waals surface area contributed by atoms with Gasteiger partial charge in [-0.2, -0.15) is 0 Å². The van der Waals surface area contributed by atoms with Crippen molar-refractivity contribution >= 4 is 28.7 Å². The molecular formula is C22H18N2O5. The Kier molecular flexibility index (Phi) is 3.91. The highest BCUT2D eigenvalue weighted by Crippen LogP contribution is 2.37. The van der Waals surface area contributed by atoms with Gasteiger partial charge in [-0.3, -0.25) is 19.7 Å². The summed E-state index contributed by atoms with van der Waals surface area (Å²) < 4.78 is 11.1. The molecule has 1 aromatic heterocycles. The Morgan fingerprint density at radius 2 is 1.93 bits per heavy atom. The monoisotopic (exact) mass is 390 g/mol. The van der Waals surface area contributed by atoms with E-state index in [2.05, 4.69) is 5.32 Å². The third-order valence-corrected chi connectivity index (χ3v) is 5.63. The van der Waals surface area contributed by atoms with Crippen LogP contribution in [0.15, 0.2) is 47.1 Å². The van der Waals surface area contributed by atoms with E-state index in [0.717, 1.165) is 33.4 Å². The Morgan fingerprint density at radius 3 is 2.72 bits per heavy atom. The summed E-state index contributed by atoms with van der Waals surface area (Å²) in [7, 11) is 1.62. The summed E-state index contributed by atoms with van der Waals surface area (Å²) in [5.41, 5.74) is 3.98. The molecule has 3 heterocycles. The number of amides is 3. The lowest BCUT2D eigenvalue weighted by Gasteiger charge is -2.29. The van der Waals surface area contributed by atoms with Crippen molar-refractivity contribution in [2.75, 3.05) is 7.11 Å². The van der Waals surface area contributed by atoms with E-state index in [0.29, 0.717) is 18.5 Å². The van der Waals surface area contributed by atoms with Crippen LogP contribution in [0.3, 0.4) is 0 Å². The second-order valence-corrected chi connectivity index (χ2v) is 7.25. The highest BCUT2D eigenvalue weighted by atomic mass is 16.5. The molecular weight excluding hydrogens is 372 g/mol. The molecule has 1 N–H and O–H groups in total. The van der Waals surface area contributed by atoms with E-state index in [9.17, 15) is 14.4 Å². The molecule has 1 atom stereocenters. The number of fused-ring (bicyclic) bond motifs is 2. The molecule has 7 heteroatoms. The van der Waals surface area contributed by atoms with E-state index in [1.165, 1.54) is 0 Å². The van der Waals surface area contributed by atoms with E-state index in [4.69, 9.17) is 9.15 Å². The van der Waals surface area contributed by atoms with Crippen molar-refractivity contribution in [3.63, 3.8) is 0 Å². The Hall–Kier alpha value is -3.61. The molecule has 2 aliphatic rings. The van der Waals surface area contributed by atoms with E-state index < -0.39 is 11.9 Å². The molecule has 1 fully saturated rings. The number of piperidine rings is 1. The number of hydrogen-bond acceptors (Lipinski definition) is 5. The zero-order chi connectivity index (χ0) is 20.1. The normalized spacial score (nSPS) is 18.9. The number of benzene rings is 2. The molecule has 3 amide bonds. The Bertz CT molecular complexity index is 1180. The van der Waals surface area contributed by atoms with E-state index in [1.54, 1.807) is 24.3 Å². The first-order chi connectivity index (χ1) is 14.1. The largest absolute Gasteiger partial charge is 0.496 e. The van der Waals surface area contributed by atoms with Crippen LogP contribution in [0.2, 0.25) is 0 Å². The fourth-order valence-electron chi connectivity index (χ4n) is 4.18. The Labute approximate surface area is 166 Å². The molecule has 0 saturated carbocycles. The summed E-state index contributed by atoms with van der Waals surface area (Å²) in [6, 6.07) is 10.7. The molecule has 29 heavy (non-hydrogen) atoms. The minimum atomic E-state index is -0.617. The van der Waals surface area contributed by atoms with Gasteiger partial charge in [0.25, 0.3) is 5.91 Å². The van der Waals surface area contributed by atoms with Gasteiger partial charge in [-0.1, -0.05) is 6.07 Å². The summed E-state index contributed by atoms with van der Waals surface area (Å²) in [4.78, 5) is 38.0. The highest BCUT2D eigenvalue weighted by Gasteiger charge is 2.39. The minimum absolute atomic E-state index is 0.182. The molecule has 7 nitrogen and oxygen atoms in total. The predicted octanol–water partition coefficient (Wildman–Crippen LogP) is 2.87. The summed E-state index contributed by atoms with van der Waals surface area (Å²) >= 11 is 0. The lowest BCUT2D eigenvalue weighted by atomic mass is 9.99. The Morgan fingerprint density at radius 1 is 1.10 bits per heavy atom. The van der Waals surface area contributed by atoms with Crippen molar-refractivity contribution in [3.05, 3.63) is 53.8 Å². The van der Waals surface area contributed by atoms with Gasteiger partial charge in [0.05, 0.1) is 18.8 Å². The van der Waals surface area contributed by atoms with Crippen LogP contribution >= 0.6 is 0 Å². The topological polar surface area (TPSA) is 88.9 Å². The molecule has 0 radical (unpaired) electrons. The van der Waals surface area contributed by atoms with Crippen LogP contribution in [0.1, 0.15) is 28.8 Å². The zero-order valence-electron chi connectivity index (χ0n) is 15.7. The van der Waals surface area contributed by atoms with Crippen LogP contribution in [-0.2, 0) is 16.1 Å². The van der Waals surface area contributed by atoms with Gasteiger partial charge >= 0.3 is 0 Å². The number of ether oxygens (including phenoxy) is 1. The molecule has 146 valence electrons. The quantitative estimate of drug-likeness (QED) is 0.695. The molecule has 1 unspecified atom stereocenters. The molecule has 1 saturated heterocycles. The van der Waals surface area contributed by atoms with Crippen molar-refractivity contribution in [2.24, 2.45) is 0 Å². The number of furan rings is 1. The van der Waals surface area contributed by atoms with Gasteiger partial charge in [-0.15, -0.1) is 0 Å². The minimum Gasteiger partial charge on any atom is -0.496 e. The number of rotatable bonds is 3. The maximum atomic E-state index is 12.9.